The quantitative estimate of drug-likeness (QED) is 0.736. The summed E-state index contributed by atoms with van der Waals surface area (Å²) in [5.41, 5.74) is 0.549. The molecule has 7 heteroatoms. The summed E-state index contributed by atoms with van der Waals surface area (Å²) in [5, 5.41) is 9.33. The molecule has 0 aliphatic rings. The number of thiophene rings is 1. The Balaban J connectivity index is 1.81. The van der Waals surface area contributed by atoms with E-state index in [4.69, 9.17) is 4.42 Å². The van der Waals surface area contributed by atoms with Crippen molar-refractivity contribution in [3.8, 4) is 10.6 Å². The maximum absolute atomic E-state index is 12.2. The molecule has 0 bridgehead atoms. The number of hydrogen-bond acceptors (Lipinski definition) is 5. The normalized spacial score (nSPS) is 12.3. The molecule has 0 aliphatic heterocycles. The van der Waals surface area contributed by atoms with Gasteiger partial charge in [-0.1, -0.05) is 19.9 Å². The van der Waals surface area contributed by atoms with Crippen molar-refractivity contribution in [2.45, 2.75) is 26.4 Å². The molecule has 3 aromatic heterocycles. The zero-order valence-electron chi connectivity index (χ0n) is 14.0. The number of carbonyl (C=O) groups excluding carboxylic acids is 1. The smallest absolute Gasteiger partial charge is 0.287 e. The van der Waals surface area contributed by atoms with Gasteiger partial charge < -0.3 is 9.73 Å². The van der Waals surface area contributed by atoms with Gasteiger partial charge in [0.2, 0.25) is 0 Å². The van der Waals surface area contributed by atoms with E-state index in [9.17, 15) is 9.59 Å². The number of aromatic nitrogens is 2. The van der Waals surface area contributed by atoms with Crippen LogP contribution in [-0.4, -0.2) is 21.7 Å². The van der Waals surface area contributed by atoms with Crippen molar-refractivity contribution in [1.82, 2.24) is 15.1 Å². The molecule has 0 saturated heterocycles. The van der Waals surface area contributed by atoms with Gasteiger partial charge in [0.15, 0.2) is 5.76 Å². The first-order valence-electron chi connectivity index (χ1n) is 8.01. The lowest BCUT2D eigenvalue weighted by molar-refractivity contribution is 0.0890. The van der Waals surface area contributed by atoms with E-state index in [-0.39, 0.29) is 29.2 Å². The summed E-state index contributed by atoms with van der Waals surface area (Å²) in [6, 6.07) is 10.1. The second-order valence-electron chi connectivity index (χ2n) is 6.02. The molecule has 1 N–H and O–H groups in total. The number of furan rings is 1. The Morgan fingerprint density at radius 3 is 2.76 bits per heavy atom. The van der Waals surface area contributed by atoms with Crippen LogP contribution in [0.15, 0.2) is 57.3 Å². The molecular formula is C18H19N3O3S. The molecule has 0 aliphatic carbocycles. The SMILES string of the molecule is CC(C)[C@H](Cn1nc(-c2cccs2)ccc1=O)NC(=O)c1ccco1. The Morgan fingerprint density at radius 2 is 2.12 bits per heavy atom. The van der Waals surface area contributed by atoms with Crippen LogP contribution in [0.5, 0.6) is 0 Å². The molecule has 0 aromatic carbocycles. The van der Waals surface area contributed by atoms with E-state index in [0.29, 0.717) is 6.54 Å². The molecular weight excluding hydrogens is 338 g/mol. The van der Waals surface area contributed by atoms with Crippen LogP contribution >= 0.6 is 11.3 Å². The highest BCUT2D eigenvalue weighted by atomic mass is 32.1. The van der Waals surface area contributed by atoms with Crippen LogP contribution in [0.25, 0.3) is 10.6 Å². The fraction of sp³-hybridized carbons (Fsp3) is 0.278. The highest BCUT2D eigenvalue weighted by Crippen LogP contribution is 2.21. The van der Waals surface area contributed by atoms with Crippen molar-refractivity contribution < 1.29 is 9.21 Å². The molecule has 3 aromatic rings. The average molecular weight is 357 g/mol. The molecule has 25 heavy (non-hydrogen) atoms. The van der Waals surface area contributed by atoms with E-state index in [0.717, 1.165) is 10.6 Å². The van der Waals surface area contributed by atoms with Crippen LogP contribution in [0.2, 0.25) is 0 Å². The summed E-state index contributed by atoms with van der Waals surface area (Å²) in [6.45, 7) is 4.27. The van der Waals surface area contributed by atoms with E-state index in [2.05, 4.69) is 10.4 Å². The number of rotatable bonds is 6. The van der Waals surface area contributed by atoms with Gasteiger partial charge in [-0.2, -0.15) is 5.10 Å². The minimum atomic E-state index is -0.300. The van der Waals surface area contributed by atoms with E-state index >= 15 is 0 Å². The van der Waals surface area contributed by atoms with Crippen LogP contribution < -0.4 is 10.9 Å². The van der Waals surface area contributed by atoms with Crippen molar-refractivity contribution in [2.75, 3.05) is 0 Å². The van der Waals surface area contributed by atoms with Crippen LogP contribution in [0.3, 0.4) is 0 Å². The van der Waals surface area contributed by atoms with Gasteiger partial charge in [0.05, 0.1) is 23.7 Å². The van der Waals surface area contributed by atoms with Gasteiger partial charge >= 0.3 is 0 Å². The molecule has 3 heterocycles. The van der Waals surface area contributed by atoms with Gasteiger partial charge in [-0.3, -0.25) is 9.59 Å². The number of nitrogens with one attached hydrogen (secondary N) is 1. The Labute approximate surface area is 149 Å². The third-order valence-electron chi connectivity index (χ3n) is 3.88. The van der Waals surface area contributed by atoms with E-state index in [1.54, 1.807) is 29.5 Å². The van der Waals surface area contributed by atoms with Gasteiger partial charge in [-0.15, -0.1) is 11.3 Å². The van der Waals surface area contributed by atoms with Crippen LogP contribution in [-0.2, 0) is 6.54 Å². The lowest BCUT2D eigenvalue weighted by Crippen LogP contribution is -2.43. The highest BCUT2D eigenvalue weighted by molar-refractivity contribution is 7.13. The fourth-order valence-electron chi connectivity index (χ4n) is 2.39. The van der Waals surface area contributed by atoms with Crippen molar-refractivity contribution in [1.29, 1.82) is 0 Å². The lowest BCUT2D eigenvalue weighted by atomic mass is 10.0. The second-order valence-corrected chi connectivity index (χ2v) is 6.97. The molecule has 1 atom stereocenters. The Kier molecular flexibility index (Phi) is 5.14. The Hall–Kier alpha value is -2.67. The summed E-state index contributed by atoms with van der Waals surface area (Å²) >= 11 is 1.56. The molecule has 0 radical (unpaired) electrons. The van der Waals surface area contributed by atoms with Crippen molar-refractivity contribution in [2.24, 2.45) is 5.92 Å². The fourth-order valence-corrected chi connectivity index (χ4v) is 3.08. The third kappa shape index (κ3) is 4.06. The minimum absolute atomic E-state index is 0.123. The van der Waals surface area contributed by atoms with E-state index < -0.39 is 0 Å². The Bertz CT molecular complexity index is 883. The molecule has 0 fully saturated rings. The van der Waals surface area contributed by atoms with Gasteiger partial charge in [0.1, 0.15) is 5.69 Å². The first-order chi connectivity index (χ1) is 12.0. The van der Waals surface area contributed by atoms with Crippen LogP contribution in [0, 0.1) is 5.92 Å². The van der Waals surface area contributed by atoms with Gasteiger partial charge in [0, 0.05) is 6.07 Å². The molecule has 130 valence electrons. The second kappa shape index (κ2) is 7.48. The average Bonchev–Trinajstić information content (AvgIpc) is 3.29. The molecule has 6 nitrogen and oxygen atoms in total. The molecule has 3 rings (SSSR count). The summed E-state index contributed by atoms with van der Waals surface area (Å²) < 4.78 is 6.53. The number of carbonyl (C=O) groups is 1. The van der Waals surface area contributed by atoms with Gasteiger partial charge in [0.25, 0.3) is 11.5 Å². The molecule has 0 unspecified atom stereocenters. The van der Waals surface area contributed by atoms with Gasteiger partial charge in [-0.05, 0) is 35.6 Å². The summed E-state index contributed by atoms with van der Waals surface area (Å²) in [5.74, 6) is 0.0717. The Morgan fingerprint density at radius 1 is 1.28 bits per heavy atom. The molecule has 1 amide bonds. The largest absolute Gasteiger partial charge is 0.459 e. The standard InChI is InChI=1S/C18H19N3O3S/c1-12(2)14(19-18(23)15-5-3-9-24-15)11-21-17(22)8-7-13(20-21)16-6-4-10-25-16/h3-10,12,14H,11H2,1-2H3,(H,19,23)/t14-/m0/s1. The zero-order chi connectivity index (χ0) is 17.8. The summed E-state index contributed by atoms with van der Waals surface area (Å²) in [6.07, 6.45) is 1.45. The number of nitrogens with zero attached hydrogens (tertiary/aromatic N) is 2. The van der Waals surface area contributed by atoms with Crippen molar-refractivity contribution >= 4 is 17.2 Å². The third-order valence-corrected chi connectivity index (χ3v) is 4.77. The number of amides is 1. The first-order valence-corrected chi connectivity index (χ1v) is 8.89. The highest BCUT2D eigenvalue weighted by Gasteiger charge is 2.20. The molecule has 0 saturated carbocycles. The lowest BCUT2D eigenvalue weighted by Gasteiger charge is -2.22. The van der Waals surface area contributed by atoms with Gasteiger partial charge in [-0.25, -0.2) is 4.68 Å². The minimum Gasteiger partial charge on any atom is -0.459 e. The predicted octanol–water partition coefficient (Wildman–Crippen LogP) is 3.02. The maximum Gasteiger partial charge on any atom is 0.287 e. The zero-order valence-corrected chi connectivity index (χ0v) is 14.8. The first kappa shape index (κ1) is 17.2. The van der Waals surface area contributed by atoms with E-state index in [1.807, 2.05) is 31.4 Å². The topological polar surface area (TPSA) is 77.1 Å². The van der Waals surface area contributed by atoms with Crippen molar-refractivity contribution in [3.63, 3.8) is 0 Å². The summed E-state index contributed by atoms with van der Waals surface area (Å²) in [4.78, 5) is 25.4. The molecule has 0 spiro atoms. The van der Waals surface area contributed by atoms with Crippen LogP contribution in [0.4, 0.5) is 0 Å². The van der Waals surface area contributed by atoms with E-state index in [1.165, 1.54) is 17.0 Å². The van der Waals surface area contributed by atoms with Crippen LogP contribution in [0.1, 0.15) is 24.4 Å². The number of hydrogen-bond donors (Lipinski definition) is 1. The monoisotopic (exact) mass is 357 g/mol. The predicted molar refractivity (Wildman–Crippen MR) is 96.6 cm³/mol. The van der Waals surface area contributed by atoms with Crippen molar-refractivity contribution in [3.05, 3.63) is 64.2 Å². The maximum atomic E-state index is 12.2. The summed E-state index contributed by atoms with van der Waals surface area (Å²) in [7, 11) is 0.